The van der Waals surface area contributed by atoms with Gasteiger partial charge in [0.2, 0.25) is 0 Å². The molecule has 3 aromatic rings. The van der Waals surface area contributed by atoms with Gasteiger partial charge in [0, 0.05) is 11.8 Å². The number of hydrogen-bond donors (Lipinski definition) is 2. The van der Waals surface area contributed by atoms with Gasteiger partial charge in [0.05, 0.1) is 11.4 Å². The van der Waals surface area contributed by atoms with E-state index in [1.54, 1.807) is 0 Å². The fourth-order valence-electron chi connectivity index (χ4n) is 4.01. The van der Waals surface area contributed by atoms with E-state index in [-0.39, 0.29) is 23.7 Å². The second-order valence-corrected chi connectivity index (χ2v) is 9.74. The third-order valence-electron chi connectivity index (χ3n) is 5.96. The van der Waals surface area contributed by atoms with Crippen LogP contribution in [0.4, 0.5) is 0 Å². The van der Waals surface area contributed by atoms with E-state index in [0.717, 1.165) is 39.2 Å². The molecule has 3 rings (SSSR count). The Morgan fingerprint density at radius 1 is 0.645 bits per heavy atom. The number of benzene rings is 2. The Kier molecular flexibility index (Phi) is 6.49. The van der Waals surface area contributed by atoms with Crippen molar-refractivity contribution in [2.45, 2.75) is 79.1 Å². The maximum Gasteiger partial charge on any atom is 0.122 e. The SMILES string of the molecule is CC(C)c1cc(-c2ccn(-c3cc(C(C)C)c(O)c(C(C)C)c3)n2)cc(C(C)C)c1O. The number of aromatic nitrogens is 2. The zero-order valence-corrected chi connectivity index (χ0v) is 20.1. The zero-order valence-electron chi connectivity index (χ0n) is 20.1. The summed E-state index contributed by atoms with van der Waals surface area (Å²) >= 11 is 0. The average Bonchev–Trinajstić information content (AvgIpc) is 3.17. The molecule has 0 unspecified atom stereocenters. The van der Waals surface area contributed by atoms with Gasteiger partial charge in [0.1, 0.15) is 11.5 Å². The molecule has 166 valence electrons. The Bertz CT molecular complexity index is 933. The molecule has 1 aromatic heterocycles. The Morgan fingerprint density at radius 3 is 1.42 bits per heavy atom. The van der Waals surface area contributed by atoms with Crippen molar-refractivity contribution in [1.29, 1.82) is 0 Å². The summed E-state index contributed by atoms with van der Waals surface area (Å²) in [7, 11) is 0. The summed E-state index contributed by atoms with van der Waals surface area (Å²) in [6.07, 6.45) is 1.97. The molecule has 2 aromatic carbocycles. The first-order valence-electron chi connectivity index (χ1n) is 11.3. The molecule has 31 heavy (non-hydrogen) atoms. The van der Waals surface area contributed by atoms with E-state index in [0.29, 0.717) is 11.5 Å². The van der Waals surface area contributed by atoms with Crippen LogP contribution in [-0.4, -0.2) is 20.0 Å². The molecule has 0 fully saturated rings. The summed E-state index contributed by atoms with van der Waals surface area (Å²) in [4.78, 5) is 0. The summed E-state index contributed by atoms with van der Waals surface area (Å²) in [6.45, 7) is 16.8. The molecule has 0 spiro atoms. The molecule has 0 saturated heterocycles. The minimum Gasteiger partial charge on any atom is -0.507 e. The van der Waals surface area contributed by atoms with Crippen LogP contribution < -0.4 is 0 Å². The summed E-state index contributed by atoms with van der Waals surface area (Å²) in [5, 5.41) is 26.3. The second-order valence-electron chi connectivity index (χ2n) is 9.74. The Balaban J connectivity index is 2.13. The topological polar surface area (TPSA) is 58.3 Å². The smallest absolute Gasteiger partial charge is 0.122 e. The predicted molar refractivity (Wildman–Crippen MR) is 129 cm³/mol. The lowest BCUT2D eigenvalue weighted by Gasteiger charge is -2.18. The van der Waals surface area contributed by atoms with Crippen molar-refractivity contribution in [3.8, 4) is 28.4 Å². The van der Waals surface area contributed by atoms with Gasteiger partial charge in [-0.2, -0.15) is 5.10 Å². The molecule has 0 atom stereocenters. The van der Waals surface area contributed by atoms with Gasteiger partial charge >= 0.3 is 0 Å². The van der Waals surface area contributed by atoms with Crippen molar-refractivity contribution >= 4 is 0 Å². The molecular formula is C27H36N2O2. The maximum atomic E-state index is 10.7. The zero-order chi connectivity index (χ0) is 23.0. The average molecular weight is 421 g/mol. The van der Waals surface area contributed by atoms with Gasteiger partial charge in [0.25, 0.3) is 0 Å². The number of phenols is 2. The lowest BCUT2D eigenvalue weighted by atomic mass is 9.91. The van der Waals surface area contributed by atoms with Crippen molar-refractivity contribution in [3.05, 3.63) is 58.8 Å². The number of hydrogen-bond acceptors (Lipinski definition) is 3. The number of aromatic hydroxyl groups is 2. The van der Waals surface area contributed by atoms with Gasteiger partial charge in [-0.3, -0.25) is 0 Å². The fraction of sp³-hybridized carbons (Fsp3) is 0.444. The van der Waals surface area contributed by atoms with E-state index < -0.39 is 0 Å². The minimum absolute atomic E-state index is 0.215. The Morgan fingerprint density at radius 2 is 1.03 bits per heavy atom. The van der Waals surface area contributed by atoms with E-state index >= 15 is 0 Å². The Labute approximate surface area is 186 Å². The number of nitrogens with zero attached hydrogens (tertiary/aromatic N) is 2. The molecule has 0 aliphatic heterocycles. The highest BCUT2D eigenvalue weighted by Gasteiger charge is 2.19. The summed E-state index contributed by atoms with van der Waals surface area (Å²) < 4.78 is 1.88. The highest BCUT2D eigenvalue weighted by molar-refractivity contribution is 5.65. The minimum atomic E-state index is 0.215. The van der Waals surface area contributed by atoms with E-state index in [9.17, 15) is 10.2 Å². The number of phenolic OH excluding ortho intramolecular Hbond substituents is 2. The predicted octanol–water partition coefficient (Wildman–Crippen LogP) is 7.44. The van der Waals surface area contributed by atoms with Gasteiger partial charge in [-0.1, -0.05) is 55.4 Å². The van der Waals surface area contributed by atoms with Gasteiger partial charge in [-0.05, 0) is 76.3 Å². The molecule has 0 saturated carbocycles. The Hall–Kier alpha value is -2.75. The van der Waals surface area contributed by atoms with Crippen LogP contribution in [0, 0.1) is 0 Å². The second kappa shape index (κ2) is 8.78. The third-order valence-corrected chi connectivity index (χ3v) is 5.96. The summed E-state index contributed by atoms with van der Waals surface area (Å²) in [5.41, 5.74) is 6.60. The van der Waals surface area contributed by atoms with Crippen LogP contribution in [-0.2, 0) is 0 Å². The standard InChI is InChI=1S/C27H36N2O2/c1-15(2)21-11-19(12-22(16(3)4)26(21)30)25-9-10-29(28-25)20-13-23(17(5)6)27(31)24(14-20)18(7)8/h9-18,30-31H,1-8H3. The van der Waals surface area contributed by atoms with E-state index in [4.69, 9.17) is 5.10 Å². The largest absolute Gasteiger partial charge is 0.507 e. The van der Waals surface area contributed by atoms with Crippen molar-refractivity contribution in [2.24, 2.45) is 0 Å². The maximum absolute atomic E-state index is 10.7. The van der Waals surface area contributed by atoms with Gasteiger partial charge in [-0.15, -0.1) is 0 Å². The fourth-order valence-corrected chi connectivity index (χ4v) is 4.01. The molecule has 4 heteroatoms. The lowest BCUT2D eigenvalue weighted by molar-refractivity contribution is 0.454. The van der Waals surface area contributed by atoms with Crippen LogP contribution in [0.1, 0.15) is 101 Å². The van der Waals surface area contributed by atoms with Crippen LogP contribution in [0.15, 0.2) is 36.5 Å². The molecule has 0 amide bonds. The van der Waals surface area contributed by atoms with Gasteiger partial charge in [-0.25, -0.2) is 4.68 Å². The number of rotatable bonds is 6. The first-order chi connectivity index (χ1) is 14.5. The highest BCUT2D eigenvalue weighted by atomic mass is 16.3. The molecule has 0 aliphatic rings. The van der Waals surface area contributed by atoms with Crippen molar-refractivity contribution in [2.75, 3.05) is 0 Å². The van der Waals surface area contributed by atoms with Crippen LogP contribution in [0.2, 0.25) is 0 Å². The van der Waals surface area contributed by atoms with E-state index in [1.807, 2.05) is 29.1 Å². The van der Waals surface area contributed by atoms with Gasteiger partial charge < -0.3 is 10.2 Å². The molecule has 1 heterocycles. The van der Waals surface area contributed by atoms with Crippen LogP contribution in [0.5, 0.6) is 11.5 Å². The monoisotopic (exact) mass is 420 g/mol. The molecule has 0 bridgehead atoms. The lowest BCUT2D eigenvalue weighted by Crippen LogP contribution is -2.02. The van der Waals surface area contributed by atoms with Crippen LogP contribution >= 0.6 is 0 Å². The van der Waals surface area contributed by atoms with Crippen molar-refractivity contribution in [1.82, 2.24) is 9.78 Å². The van der Waals surface area contributed by atoms with Crippen LogP contribution in [0.25, 0.3) is 16.9 Å². The molecule has 4 nitrogen and oxygen atoms in total. The van der Waals surface area contributed by atoms with E-state index in [2.05, 4.69) is 67.5 Å². The third kappa shape index (κ3) is 4.48. The summed E-state index contributed by atoms with van der Waals surface area (Å²) in [6, 6.07) is 10.2. The first-order valence-corrected chi connectivity index (χ1v) is 11.3. The molecular weight excluding hydrogens is 384 g/mol. The molecule has 2 N–H and O–H groups in total. The van der Waals surface area contributed by atoms with E-state index in [1.165, 1.54) is 0 Å². The highest BCUT2D eigenvalue weighted by Crippen LogP contribution is 2.38. The van der Waals surface area contributed by atoms with Crippen LogP contribution in [0.3, 0.4) is 0 Å². The van der Waals surface area contributed by atoms with Gasteiger partial charge in [0.15, 0.2) is 0 Å². The normalized spacial score (nSPS) is 12.0. The summed E-state index contributed by atoms with van der Waals surface area (Å²) in [5.74, 6) is 1.66. The molecule has 0 aliphatic carbocycles. The van der Waals surface area contributed by atoms with Crippen molar-refractivity contribution in [3.63, 3.8) is 0 Å². The molecule has 0 radical (unpaired) electrons. The first kappa shape index (κ1) is 22.9. The quantitative estimate of drug-likeness (QED) is 0.435. The van der Waals surface area contributed by atoms with Crippen molar-refractivity contribution < 1.29 is 10.2 Å².